The van der Waals surface area contributed by atoms with Gasteiger partial charge in [-0.25, -0.2) is 4.79 Å². The Balaban J connectivity index is 2.48. The van der Waals surface area contributed by atoms with Crippen LogP contribution in [-0.4, -0.2) is 61.9 Å². The van der Waals surface area contributed by atoms with E-state index in [9.17, 15) is 19.2 Å². The Bertz CT molecular complexity index is 720. The van der Waals surface area contributed by atoms with Crippen LogP contribution in [0, 0.1) is 0 Å². The zero-order valence-electron chi connectivity index (χ0n) is 17.3. The van der Waals surface area contributed by atoms with Crippen molar-refractivity contribution in [2.75, 3.05) is 27.2 Å². The predicted octanol–water partition coefficient (Wildman–Crippen LogP) is 0.850. The van der Waals surface area contributed by atoms with Gasteiger partial charge < -0.3 is 20.3 Å². The lowest BCUT2D eigenvalue weighted by atomic mass is 9.86. The Morgan fingerprint density at radius 1 is 1.07 bits per heavy atom. The smallest absolute Gasteiger partial charge is 0.328 e. The summed E-state index contributed by atoms with van der Waals surface area (Å²) in [6.07, 6.45) is 0. The minimum atomic E-state index is -0.925. The standard InChI is InChI=1S/C20H29N3O5/c1-13(19(27)28-12-16(24)21-11-17(25)23(5)6)22-18(26)14-7-9-15(10-8-14)20(2,3)4/h7-10,13H,11-12H2,1-6H3,(H,21,24)(H,22,26)/t13-/m0/s1. The number of hydrogen-bond donors (Lipinski definition) is 2. The first-order valence-electron chi connectivity index (χ1n) is 8.96. The molecule has 3 amide bonds. The van der Waals surface area contributed by atoms with Crippen molar-refractivity contribution >= 4 is 23.7 Å². The minimum absolute atomic E-state index is 0.0240. The molecule has 0 saturated carbocycles. The van der Waals surface area contributed by atoms with Gasteiger partial charge >= 0.3 is 5.97 Å². The molecule has 0 spiro atoms. The molecule has 0 heterocycles. The normalized spacial score (nSPS) is 11.9. The van der Waals surface area contributed by atoms with Crippen LogP contribution in [0.25, 0.3) is 0 Å². The Labute approximate surface area is 165 Å². The molecule has 1 atom stereocenters. The van der Waals surface area contributed by atoms with Crippen molar-refractivity contribution in [2.45, 2.75) is 39.2 Å². The molecule has 0 fully saturated rings. The van der Waals surface area contributed by atoms with Crippen LogP contribution < -0.4 is 10.6 Å². The molecule has 0 saturated heterocycles. The van der Waals surface area contributed by atoms with E-state index in [4.69, 9.17) is 4.74 Å². The molecule has 0 aromatic heterocycles. The van der Waals surface area contributed by atoms with E-state index in [-0.39, 0.29) is 17.9 Å². The van der Waals surface area contributed by atoms with E-state index in [0.29, 0.717) is 5.56 Å². The van der Waals surface area contributed by atoms with Gasteiger partial charge in [0.1, 0.15) is 6.04 Å². The quantitative estimate of drug-likeness (QED) is 0.671. The highest BCUT2D eigenvalue weighted by Crippen LogP contribution is 2.22. The summed E-state index contributed by atoms with van der Waals surface area (Å²) in [5.41, 5.74) is 1.49. The maximum Gasteiger partial charge on any atom is 0.328 e. The summed E-state index contributed by atoms with van der Waals surface area (Å²) >= 11 is 0. The third-order valence-corrected chi connectivity index (χ3v) is 4.00. The first kappa shape index (κ1) is 23.1. The molecule has 8 heteroatoms. The van der Waals surface area contributed by atoms with E-state index in [2.05, 4.69) is 31.4 Å². The fourth-order valence-electron chi connectivity index (χ4n) is 2.11. The molecule has 28 heavy (non-hydrogen) atoms. The Kier molecular flexibility index (Phi) is 8.16. The van der Waals surface area contributed by atoms with E-state index in [1.807, 2.05) is 12.1 Å². The van der Waals surface area contributed by atoms with Gasteiger partial charge in [-0.2, -0.15) is 0 Å². The van der Waals surface area contributed by atoms with E-state index >= 15 is 0 Å². The average Bonchev–Trinajstić information content (AvgIpc) is 2.63. The summed E-state index contributed by atoms with van der Waals surface area (Å²) in [7, 11) is 3.13. The fraction of sp³-hybridized carbons (Fsp3) is 0.500. The molecule has 0 unspecified atom stereocenters. The third-order valence-electron chi connectivity index (χ3n) is 4.00. The number of likely N-dealkylation sites (N-methyl/N-ethyl adjacent to an activating group) is 1. The van der Waals surface area contributed by atoms with Gasteiger partial charge in [-0.05, 0) is 30.0 Å². The average molecular weight is 391 g/mol. The van der Waals surface area contributed by atoms with Crippen molar-refractivity contribution < 1.29 is 23.9 Å². The van der Waals surface area contributed by atoms with Crippen LogP contribution >= 0.6 is 0 Å². The topological polar surface area (TPSA) is 105 Å². The molecule has 0 radical (unpaired) electrons. The molecule has 1 rings (SSSR count). The molecular weight excluding hydrogens is 362 g/mol. The van der Waals surface area contributed by atoms with Crippen molar-refractivity contribution in [1.82, 2.24) is 15.5 Å². The Morgan fingerprint density at radius 3 is 2.14 bits per heavy atom. The fourth-order valence-corrected chi connectivity index (χ4v) is 2.11. The first-order chi connectivity index (χ1) is 12.9. The van der Waals surface area contributed by atoms with Crippen LogP contribution in [0.5, 0.6) is 0 Å². The molecule has 1 aromatic rings. The molecule has 2 N–H and O–H groups in total. The molecular formula is C20H29N3O5. The predicted molar refractivity (Wildman–Crippen MR) is 105 cm³/mol. The van der Waals surface area contributed by atoms with Crippen LogP contribution in [-0.2, 0) is 24.5 Å². The van der Waals surface area contributed by atoms with Gasteiger partial charge in [-0.15, -0.1) is 0 Å². The molecule has 0 bridgehead atoms. The summed E-state index contributed by atoms with van der Waals surface area (Å²) in [5, 5.41) is 4.88. The number of nitrogens with zero attached hydrogens (tertiary/aromatic N) is 1. The largest absolute Gasteiger partial charge is 0.454 e. The number of rotatable bonds is 7. The number of ether oxygens (including phenoxy) is 1. The van der Waals surface area contributed by atoms with Crippen molar-refractivity contribution in [3.8, 4) is 0 Å². The minimum Gasteiger partial charge on any atom is -0.454 e. The SMILES string of the molecule is C[C@H](NC(=O)c1ccc(C(C)(C)C)cc1)C(=O)OCC(=O)NCC(=O)N(C)C. The molecule has 8 nitrogen and oxygen atoms in total. The highest BCUT2D eigenvalue weighted by Gasteiger charge is 2.20. The van der Waals surface area contributed by atoms with Crippen molar-refractivity contribution in [1.29, 1.82) is 0 Å². The number of nitrogens with one attached hydrogen (secondary N) is 2. The maximum absolute atomic E-state index is 12.3. The van der Waals surface area contributed by atoms with Crippen molar-refractivity contribution in [2.24, 2.45) is 0 Å². The lowest BCUT2D eigenvalue weighted by Gasteiger charge is -2.19. The van der Waals surface area contributed by atoms with Gasteiger partial charge in [0.05, 0.1) is 6.54 Å². The van der Waals surface area contributed by atoms with E-state index in [1.165, 1.54) is 11.8 Å². The zero-order chi connectivity index (χ0) is 21.5. The number of carbonyl (C=O) groups excluding carboxylic acids is 4. The number of hydrogen-bond acceptors (Lipinski definition) is 5. The van der Waals surface area contributed by atoms with Crippen molar-refractivity contribution in [3.05, 3.63) is 35.4 Å². The lowest BCUT2D eigenvalue weighted by molar-refractivity contribution is -0.150. The summed E-state index contributed by atoms with van der Waals surface area (Å²) in [6.45, 7) is 6.99. The molecule has 1 aromatic carbocycles. The lowest BCUT2D eigenvalue weighted by Crippen LogP contribution is -2.42. The third kappa shape index (κ3) is 7.38. The number of esters is 1. The molecule has 0 aliphatic carbocycles. The van der Waals surface area contributed by atoms with Gasteiger partial charge in [-0.1, -0.05) is 32.9 Å². The van der Waals surface area contributed by atoms with Crippen LogP contribution in [0.3, 0.4) is 0 Å². The van der Waals surface area contributed by atoms with Crippen LogP contribution in [0.1, 0.15) is 43.6 Å². The van der Waals surface area contributed by atoms with Gasteiger partial charge in [0.2, 0.25) is 5.91 Å². The molecule has 154 valence electrons. The number of amides is 3. The first-order valence-corrected chi connectivity index (χ1v) is 8.96. The van der Waals surface area contributed by atoms with Crippen LogP contribution in [0.4, 0.5) is 0 Å². The second-order valence-electron chi connectivity index (χ2n) is 7.70. The summed E-state index contributed by atoms with van der Waals surface area (Å²) in [5.74, 6) is -2.03. The summed E-state index contributed by atoms with van der Waals surface area (Å²) < 4.78 is 4.87. The monoisotopic (exact) mass is 391 g/mol. The molecule has 0 aliphatic rings. The van der Waals surface area contributed by atoms with Crippen LogP contribution in [0.2, 0.25) is 0 Å². The summed E-state index contributed by atoms with van der Waals surface area (Å²) in [4.78, 5) is 48.5. The molecule has 0 aliphatic heterocycles. The second-order valence-corrected chi connectivity index (χ2v) is 7.70. The van der Waals surface area contributed by atoms with Gasteiger partial charge in [0, 0.05) is 19.7 Å². The van der Waals surface area contributed by atoms with E-state index in [0.717, 1.165) is 5.56 Å². The second kappa shape index (κ2) is 9.87. The Morgan fingerprint density at radius 2 is 1.64 bits per heavy atom. The van der Waals surface area contributed by atoms with Gasteiger partial charge in [-0.3, -0.25) is 14.4 Å². The van der Waals surface area contributed by atoms with E-state index in [1.54, 1.807) is 26.2 Å². The Hall–Kier alpha value is -2.90. The summed E-state index contributed by atoms with van der Waals surface area (Å²) in [6, 6.07) is 6.21. The highest BCUT2D eigenvalue weighted by molar-refractivity contribution is 5.97. The van der Waals surface area contributed by atoms with Crippen LogP contribution in [0.15, 0.2) is 24.3 Å². The number of benzene rings is 1. The zero-order valence-corrected chi connectivity index (χ0v) is 17.3. The number of carbonyl (C=O) groups is 4. The van der Waals surface area contributed by atoms with E-state index < -0.39 is 30.4 Å². The maximum atomic E-state index is 12.3. The van der Waals surface area contributed by atoms with Gasteiger partial charge in [0.15, 0.2) is 6.61 Å². The van der Waals surface area contributed by atoms with Gasteiger partial charge in [0.25, 0.3) is 11.8 Å². The van der Waals surface area contributed by atoms with Crippen molar-refractivity contribution in [3.63, 3.8) is 0 Å². The highest BCUT2D eigenvalue weighted by atomic mass is 16.5.